The molecule has 0 aliphatic heterocycles. The summed E-state index contributed by atoms with van der Waals surface area (Å²) >= 11 is 1.48. The van der Waals surface area contributed by atoms with Crippen molar-refractivity contribution in [2.75, 3.05) is 25.1 Å². The van der Waals surface area contributed by atoms with Gasteiger partial charge in [-0.25, -0.2) is 4.39 Å². The Morgan fingerprint density at radius 3 is 2.67 bits per heavy atom. The van der Waals surface area contributed by atoms with Gasteiger partial charge in [0.05, 0.1) is 6.61 Å². The summed E-state index contributed by atoms with van der Waals surface area (Å²) in [4.78, 5) is 1.85. The van der Waals surface area contributed by atoms with E-state index in [0.717, 1.165) is 15.7 Å². The number of hydrogen-bond donors (Lipinski definition) is 1. The Morgan fingerprint density at radius 1 is 1.28 bits per heavy atom. The first-order valence-electron chi connectivity index (χ1n) is 5.58. The molecule has 2 aromatic rings. The van der Waals surface area contributed by atoms with Gasteiger partial charge in [-0.3, -0.25) is 0 Å². The van der Waals surface area contributed by atoms with Crippen molar-refractivity contribution >= 4 is 16.5 Å². The minimum atomic E-state index is -0.237. The Kier molecular flexibility index (Phi) is 4.22. The minimum Gasteiger partial charge on any atom is -0.395 e. The third-order valence-corrected chi connectivity index (χ3v) is 3.52. The fourth-order valence-electron chi connectivity index (χ4n) is 1.49. The van der Waals surface area contributed by atoms with Crippen molar-refractivity contribution in [1.82, 2.24) is 10.2 Å². The van der Waals surface area contributed by atoms with E-state index in [1.54, 1.807) is 12.1 Å². The van der Waals surface area contributed by atoms with Gasteiger partial charge < -0.3 is 10.0 Å². The Labute approximate surface area is 109 Å². The number of aliphatic hydroxyl groups is 1. The molecule has 0 aliphatic rings. The van der Waals surface area contributed by atoms with Crippen molar-refractivity contribution < 1.29 is 9.50 Å². The molecule has 1 heterocycles. The highest BCUT2D eigenvalue weighted by Gasteiger charge is 2.08. The molecule has 1 N–H and O–H groups in total. The van der Waals surface area contributed by atoms with Crippen molar-refractivity contribution in [2.45, 2.75) is 6.42 Å². The van der Waals surface area contributed by atoms with Crippen LogP contribution in [0.4, 0.5) is 9.52 Å². The molecule has 0 amide bonds. The summed E-state index contributed by atoms with van der Waals surface area (Å²) in [5.41, 5.74) is 1.00. The highest BCUT2D eigenvalue weighted by Crippen LogP contribution is 2.21. The number of anilines is 1. The quantitative estimate of drug-likeness (QED) is 0.895. The SMILES string of the molecule is CN(CCO)c1nnc(Cc2ccc(F)cc2)s1. The van der Waals surface area contributed by atoms with Crippen LogP contribution in [0.15, 0.2) is 24.3 Å². The van der Waals surface area contributed by atoms with E-state index in [1.165, 1.54) is 23.5 Å². The topological polar surface area (TPSA) is 49.2 Å². The lowest BCUT2D eigenvalue weighted by atomic mass is 10.2. The van der Waals surface area contributed by atoms with Crippen LogP contribution in [0.2, 0.25) is 0 Å². The van der Waals surface area contributed by atoms with Gasteiger partial charge in [0.2, 0.25) is 5.13 Å². The molecule has 4 nitrogen and oxygen atoms in total. The molecular weight excluding hydrogens is 253 g/mol. The molecular formula is C12H14FN3OS. The van der Waals surface area contributed by atoms with Gasteiger partial charge in [-0.2, -0.15) is 0 Å². The molecule has 0 aliphatic carbocycles. The number of benzene rings is 1. The van der Waals surface area contributed by atoms with Crippen molar-refractivity contribution in [3.8, 4) is 0 Å². The summed E-state index contributed by atoms with van der Waals surface area (Å²) in [5, 5.41) is 18.6. The number of aliphatic hydroxyl groups excluding tert-OH is 1. The van der Waals surface area contributed by atoms with Crippen molar-refractivity contribution in [2.24, 2.45) is 0 Å². The molecule has 96 valence electrons. The zero-order valence-corrected chi connectivity index (χ0v) is 10.8. The normalized spacial score (nSPS) is 10.6. The van der Waals surface area contributed by atoms with Gasteiger partial charge in [0.25, 0.3) is 0 Å². The number of nitrogens with zero attached hydrogens (tertiary/aromatic N) is 3. The zero-order chi connectivity index (χ0) is 13.0. The molecule has 0 saturated heterocycles. The molecule has 0 fully saturated rings. The van der Waals surface area contributed by atoms with Gasteiger partial charge in [-0.1, -0.05) is 23.5 Å². The van der Waals surface area contributed by atoms with Crippen molar-refractivity contribution in [3.05, 3.63) is 40.7 Å². The maximum absolute atomic E-state index is 12.8. The molecule has 0 saturated carbocycles. The fourth-order valence-corrected chi connectivity index (χ4v) is 2.35. The number of aromatic nitrogens is 2. The molecule has 2 rings (SSSR count). The van der Waals surface area contributed by atoms with Crippen LogP contribution >= 0.6 is 11.3 Å². The highest BCUT2D eigenvalue weighted by atomic mass is 32.1. The predicted molar refractivity (Wildman–Crippen MR) is 69.5 cm³/mol. The summed E-state index contributed by atoms with van der Waals surface area (Å²) in [7, 11) is 1.86. The lowest BCUT2D eigenvalue weighted by Gasteiger charge is -2.11. The number of hydrogen-bond acceptors (Lipinski definition) is 5. The van der Waals surface area contributed by atoms with Crippen LogP contribution in [0.3, 0.4) is 0 Å². The Balaban J connectivity index is 2.04. The van der Waals surface area contributed by atoms with E-state index in [0.29, 0.717) is 13.0 Å². The largest absolute Gasteiger partial charge is 0.395 e. The first kappa shape index (κ1) is 12.9. The lowest BCUT2D eigenvalue weighted by Crippen LogP contribution is -2.20. The minimum absolute atomic E-state index is 0.0867. The van der Waals surface area contributed by atoms with E-state index in [4.69, 9.17) is 5.11 Å². The lowest BCUT2D eigenvalue weighted by molar-refractivity contribution is 0.304. The average molecular weight is 267 g/mol. The zero-order valence-electron chi connectivity index (χ0n) is 10.0. The monoisotopic (exact) mass is 267 g/mol. The number of rotatable bonds is 5. The van der Waals surface area contributed by atoms with Crippen LogP contribution in [0, 0.1) is 5.82 Å². The van der Waals surface area contributed by atoms with Crippen LogP contribution < -0.4 is 4.90 Å². The van der Waals surface area contributed by atoms with Crippen LogP contribution in [-0.4, -0.2) is 35.5 Å². The molecule has 0 spiro atoms. The summed E-state index contributed by atoms with van der Waals surface area (Å²) < 4.78 is 12.8. The number of halogens is 1. The third-order valence-electron chi connectivity index (χ3n) is 2.49. The summed E-state index contributed by atoms with van der Waals surface area (Å²) in [6.07, 6.45) is 0.644. The van der Waals surface area contributed by atoms with Crippen molar-refractivity contribution in [1.29, 1.82) is 0 Å². The molecule has 0 unspecified atom stereocenters. The standard InChI is InChI=1S/C12H14FN3OS/c1-16(6-7-17)12-15-14-11(18-12)8-9-2-4-10(13)5-3-9/h2-5,17H,6-8H2,1H3. The molecule has 6 heteroatoms. The summed E-state index contributed by atoms with van der Waals surface area (Å²) in [6.45, 7) is 0.620. The first-order chi connectivity index (χ1) is 8.69. The van der Waals surface area contributed by atoms with Gasteiger partial charge in [-0.05, 0) is 17.7 Å². The average Bonchev–Trinajstić information content (AvgIpc) is 2.81. The Bertz CT molecular complexity index is 500. The Morgan fingerprint density at radius 2 is 2.00 bits per heavy atom. The fraction of sp³-hybridized carbons (Fsp3) is 0.333. The molecule has 0 radical (unpaired) electrons. The van der Waals surface area contributed by atoms with Crippen LogP contribution in [0.1, 0.15) is 10.6 Å². The second kappa shape index (κ2) is 5.88. The van der Waals surface area contributed by atoms with Gasteiger partial charge in [0.1, 0.15) is 10.8 Å². The van der Waals surface area contributed by atoms with Gasteiger partial charge >= 0.3 is 0 Å². The second-order valence-electron chi connectivity index (χ2n) is 3.93. The van der Waals surface area contributed by atoms with E-state index in [-0.39, 0.29) is 12.4 Å². The maximum Gasteiger partial charge on any atom is 0.208 e. The van der Waals surface area contributed by atoms with Crippen molar-refractivity contribution in [3.63, 3.8) is 0 Å². The second-order valence-corrected chi connectivity index (χ2v) is 4.97. The number of likely N-dealkylation sites (N-methyl/N-ethyl adjacent to an activating group) is 1. The molecule has 1 aromatic carbocycles. The van der Waals surface area contributed by atoms with E-state index in [9.17, 15) is 4.39 Å². The molecule has 1 aromatic heterocycles. The third kappa shape index (κ3) is 3.24. The van der Waals surface area contributed by atoms with Crippen LogP contribution in [0.5, 0.6) is 0 Å². The molecule has 0 atom stereocenters. The first-order valence-corrected chi connectivity index (χ1v) is 6.39. The molecule has 0 bridgehead atoms. The van der Waals surface area contributed by atoms with Crippen LogP contribution in [-0.2, 0) is 6.42 Å². The van der Waals surface area contributed by atoms with Crippen LogP contribution in [0.25, 0.3) is 0 Å². The van der Waals surface area contributed by atoms with Gasteiger partial charge in [0, 0.05) is 20.0 Å². The van der Waals surface area contributed by atoms with E-state index >= 15 is 0 Å². The van der Waals surface area contributed by atoms with E-state index in [1.807, 2.05) is 11.9 Å². The van der Waals surface area contributed by atoms with Gasteiger partial charge in [0.15, 0.2) is 0 Å². The predicted octanol–water partition coefficient (Wildman–Crippen LogP) is 1.70. The Hall–Kier alpha value is -1.53. The summed E-state index contributed by atoms with van der Waals surface area (Å²) in [6, 6.07) is 6.37. The smallest absolute Gasteiger partial charge is 0.208 e. The van der Waals surface area contributed by atoms with E-state index in [2.05, 4.69) is 10.2 Å². The summed E-state index contributed by atoms with van der Waals surface area (Å²) in [5.74, 6) is -0.237. The molecule has 18 heavy (non-hydrogen) atoms. The van der Waals surface area contributed by atoms with Gasteiger partial charge in [-0.15, -0.1) is 10.2 Å². The highest BCUT2D eigenvalue weighted by molar-refractivity contribution is 7.15. The van der Waals surface area contributed by atoms with E-state index < -0.39 is 0 Å². The maximum atomic E-state index is 12.8.